The van der Waals surface area contributed by atoms with Crippen molar-refractivity contribution in [2.75, 3.05) is 33.2 Å². The summed E-state index contributed by atoms with van der Waals surface area (Å²) < 4.78 is 36.5. The van der Waals surface area contributed by atoms with E-state index in [1.54, 1.807) is 19.4 Å². The predicted molar refractivity (Wildman–Crippen MR) is 84.6 cm³/mol. The number of likely N-dealkylation sites (tertiary alicyclic amines) is 1. The third-order valence-electron chi connectivity index (χ3n) is 4.33. The summed E-state index contributed by atoms with van der Waals surface area (Å²) in [5.74, 6) is 0. The van der Waals surface area contributed by atoms with Crippen molar-refractivity contribution in [1.29, 1.82) is 0 Å². The van der Waals surface area contributed by atoms with Crippen molar-refractivity contribution in [2.24, 2.45) is 0 Å². The van der Waals surface area contributed by atoms with E-state index in [9.17, 15) is 18.0 Å². The van der Waals surface area contributed by atoms with E-state index >= 15 is 0 Å². The number of amides is 2. The molecule has 2 rings (SSSR count). The molecule has 2 heterocycles. The van der Waals surface area contributed by atoms with Crippen LogP contribution in [-0.2, 0) is 6.42 Å². The third-order valence-corrected chi connectivity index (χ3v) is 4.33. The maximum Gasteiger partial charge on any atom is 0.405 e. The number of nitrogens with zero attached hydrogens (tertiary/aromatic N) is 3. The molecule has 1 aromatic rings. The highest BCUT2D eigenvalue weighted by molar-refractivity contribution is 5.74. The fourth-order valence-electron chi connectivity index (χ4n) is 2.83. The van der Waals surface area contributed by atoms with E-state index in [0.717, 1.165) is 38.9 Å². The van der Waals surface area contributed by atoms with Crippen LogP contribution in [0.5, 0.6) is 0 Å². The summed E-state index contributed by atoms with van der Waals surface area (Å²) in [6, 6.07) is 3.30. The number of halogens is 3. The van der Waals surface area contributed by atoms with E-state index in [0.29, 0.717) is 0 Å². The van der Waals surface area contributed by atoms with Gasteiger partial charge in [-0.25, -0.2) is 4.79 Å². The van der Waals surface area contributed by atoms with Gasteiger partial charge >= 0.3 is 12.2 Å². The van der Waals surface area contributed by atoms with Gasteiger partial charge < -0.3 is 15.1 Å². The number of carbonyl (C=O) groups is 1. The summed E-state index contributed by atoms with van der Waals surface area (Å²) in [6.45, 7) is 1.32. The van der Waals surface area contributed by atoms with Crippen LogP contribution in [-0.4, -0.2) is 66.3 Å². The van der Waals surface area contributed by atoms with E-state index in [2.05, 4.69) is 9.88 Å². The highest BCUT2D eigenvalue weighted by Crippen LogP contribution is 2.17. The monoisotopic (exact) mass is 344 g/mol. The normalized spacial score (nSPS) is 16.8. The maximum atomic E-state index is 12.2. The number of hydrogen-bond donors (Lipinski definition) is 1. The lowest BCUT2D eigenvalue weighted by atomic mass is 10.0. The van der Waals surface area contributed by atoms with Gasteiger partial charge in [0, 0.05) is 45.1 Å². The second-order valence-corrected chi connectivity index (χ2v) is 6.06. The number of piperidine rings is 1. The van der Waals surface area contributed by atoms with E-state index in [1.165, 1.54) is 10.5 Å². The smallest absolute Gasteiger partial charge is 0.329 e. The first kappa shape index (κ1) is 18.5. The van der Waals surface area contributed by atoms with Gasteiger partial charge in [0.05, 0.1) is 0 Å². The number of nitrogens with one attached hydrogen (secondary N) is 1. The Morgan fingerprint density at radius 1 is 1.33 bits per heavy atom. The van der Waals surface area contributed by atoms with Crippen molar-refractivity contribution < 1.29 is 18.0 Å². The number of rotatable bonds is 5. The molecule has 0 aliphatic carbocycles. The fourth-order valence-corrected chi connectivity index (χ4v) is 2.83. The highest BCUT2D eigenvalue weighted by Gasteiger charge is 2.30. The average Bonchev–Trinajstić information content (AvgIpc) is 2.58. The molecule has 1 aromatic heterocycles. The zero-order chi connectivity index (χ0) is 17.6. The SMILES string of the molecule is CN(C(=O)NCC(F)(F)F)C1CCN(CCc2ccncc2)CC1. The molecule has 0 aromatic carbocycles. The predicted octanol–water partition coefficient (Wildman–Crippen LogP) is 2.29. The van der Waals surface area contributed by atoms with E-state index in [1.807, 2.05) is 17.4 Å². The molecule has 1 fully saturated rings. The Hall–Kier alpha value is -1.83. The number of aromatic nitrogens is 1. The van der Waals surface area contributed by atoms with Crippen molar-refractivity contribution in [3.05, 3.63) is 30.1 Å². The summed E-state index contributed by atoms with van der Waals surface area (Å²) in [5, 5.41) is 1.92. The quantitative estimate of drug-likeness (QED) is 0.892. The third kappa shape index (κ3) is 5.99. The topological polar surface area (TPSA) is 48.5 Å². The molecule has 134 valence electrons. The van der Waals surface area contributed by atoms with Crippen molar-refractivity contribution in [3.63, 3.8) is 0 Å². The first-order chi connectivity index (χ1) is 11.3. The molecule has 0 spiro atoms. The molecule has 1 N–H and O–H groups in total. The Morgan fingerprint density at radius 3 is 2.54 bits per heavy atom. The minimum atomic E-state index is -4.38. The molecule has 0 bridgehead atoms. The molecule has 8 heteroatoms. The Labute approximate surface area is 139 Å². The van der Waals surface area contributed by atoms with Crippen molar-refractivity contribution in [1.82, 2.24) is 20.1 Å². The molecule has 2 amide bonds. The van der Waals surface area contributed by atoms with Gasteiger partial charge in [-0.1, -0.05) is 0 Å². The fraction of sp³-hybridized carbons (Fsp3) is 0.625. The van der Waals surface area contributed by atoms with Crippen LogP contribution in [0.2, 0.25) is 0 Å². The van der Waals surface area contributed by atoms with Crippen LogP contribution in [0.3, 0.4) is 0 Å². The molecule has 0 atom stereocenters. The van der Waals surface area contributed by atoms with Crippen LogP contribution < -0.4 is 5.32 Å². The molecule has 1 aliphatic rings. The summed E-state index contributed by atoms with van der Waals surface area (Å²) in [4.78, 5) is 19.5. The minimum Gasteiger partial charge on any atom is -0.329 e. The number of hydrogen-bond acceptors (Lipinski definition) is 3. The Kier molecular flexibility index (Phi) is 6.42. The van der Waals surface area contributed by atoms with Gasteiger partial charge in [-0.15, -0.1) is 0 Å². The lowest BCUT2D eigenvalue weighted by Crippen LogP contribution is -2.50. The number of pyridine rings is 1. The molecular formula is C16H23F3N4O. The summed E-state index contributed by atoms with van der Waals surface area (Å²) >= 11 is 0. The summed E-state index contributed by atoms with van der Waals surface area (Å²) in [7, 11) is 1.56. The largest absolute Gasteiger partial charge is 0.405 e. The van der Waals surface area contributed by atoms with E-state index in [4.69, 9.17) is 0 Å². The van der Waals surface area contributed by atoms with Crippen molar-refractivity contribution in [2.45, 2.75) is 31.5 Å². The zero-order valence-corrected chi connectivity index (χ0v) is 13.7. The molecule has 1 saturated heterocycles. The average molecular weight is 344 g/mol. The van der Waals surface area contributed by atoms with Gasteiger partial charge in [-0.05, 0) is 37.0 Å². The Morgan fingerprint density at radius 2 is 1.96 bits per heavy atom. The number of carbonyl (C=O) groups excluding carboxylic acids is 1. The maximum absolute atomic E-state index is 12.2. The molecule has 0 radical (unpaired) electrons. The molecule has 5 nitrogen and oxygen atoms in total. The van der Waals surface area contributed by atoms with E-state index < -0.39 is 18.8 Å². The van der Waals surface area contributed by atoms with Gasteiger partial charge in [0.25, 0.3) is 0 Å². The second kappa shape index (κ2) is 8.32. The number of alkyl halides is 3. The zero-order valence-electron chi connectivity index (χ0n) is 13.7. The first-order valence-corrected chi connectivity index (χ1v) is 8.04. The summed E-state index contributed by atoms with van der Waals surface area (Å²) in [5.41, 5.74) is 1.23. The second-order valence-electron chi connectivity index (χ2n) is 6.06. The van der Waals surface area contributed by atoms with Crippen LogP contribution in [0.15, 0.2) is 24.5 Å². The van der Waals surface area contributed by atoms with Gasteiger partial charge in [0.15, 0.2) is 0 Å². The number of urea groups is 1. The van der Waals surface area contributed by atoms with Gasteiger partial charge in [0.1, 0.15) is 6.54 Å². The van der Waals surface area contributed by atoms with Crippen LogP contribution >= 0.6 is 0 Å². The van der Waals surface area contributed by atoms with Crippen LogP contribution in [0.25, 0.3) is 0 Å². The van der Waals surface area contributed by atoms with Crippen molar-refractivity contribution in [3.8, 4) is 0 Å². The lowest BCUT2D eigenvalue weighted by molar-refractivity contribution is -0.123. The highest BCUT2D eigenvalue weighted by atomic mass is 19.4. The summed E-state index contributed by atoms with van der Waals surface area (Å²) in [6.07, 6.45) is 1.65. The molecule has 1 aliphatic heterocycles. The van der Waals surface area contributed by atoms with Gasteiger partial charge in [0.2, 0.25) is 0 Å². The van der Waals surface area contributed by atoms with Crippen molar-refractivity contribution >= 4 is 6.03 Å². The molecule has 0 saturated carbocycles. The Bertz CT molecular complexity index is 516. The standard InChI is InChI=1S/C16H23F3N4O/c1-22(15(24)21-12-16(17,18)19)14-5-10-23(11-6-14)9-4-13-2-7-20-8-3-13/h2-3,7-8,14H,4-6,9-12H2,1H3,(H,21,24). The molecule has 0 unspecified atom stereocenters. The molecule has 24 heavy (non-hydrogen) atoms. The Balaban J connectivity index is 1.70. The van der Waals surface area contributed by atoms with E-state index in [-0.39, 0.29) is 6.04 Å². The minimum absolute atomic E-state index is 0.0181. The van der Waals surface area contributed by atoms with Gasteiger partial charge in [-0.2, -0.15) is 13.2 Å². The first-order valence-electron chi connectivity index (χ1n) is 8.04. The molecular weight excluding hydrogens is 321 g/mol. The van der Waals surface area contributed by atoms with Crippen LogP contribution in [0.4, 0.5) is 18.0 Å². The van der Waals surface area contributed by atoms with Crippen LogP contribution in [0.1, 0.15) is 18.4 Å². The van der Waals surface area contributed by atoms with Gasteiger partial charge in [-0.3, -0.25) is 4.98 Å². The van der Waals surface area contributed by atoms with Crippen LogP contribution in [0, 0.1) is 0 Å². The lowest BCUT2D eigenvalue weighted by Gasteiger charge is -2.36.